The van der Waals surface area contributed by atoms with E-state index in [0.29, 0.717) is 0 Å². The first-order valence-electron chi connectivity index (χ1n) is 13.4. The molecule has 0 spiro atoms. The predicted octanol–water partition coefficient (Wildman–Crippen LogP) is 7.57. The van der Waals surface area contributed by atoms with E-state index in [-0.39, 0.29) is 32.4 Å². The third-order valence-corrected chi connectivity index (χ3v) is 4.74. The van der Waals surface area contributed by atoms with Crippen LogP contribution in [0.3, 0.4) is 0 Å². The number of rotatable bonds is 5. The van der Waals surface area contributed by atoms with Crippen molar-refractivity contribution >= 4 is 33.0 Å². The molecular weight excluding hydrogens is 447 g/mol. The zero-order chi connectivity index (χ0) is 29.8. The van der Waals surface area contributed by atoms with Crippen LogP contribution in [0, 0.1) is 15.9 Å². The molecule has 0 aliphatic heterocycles. The summed E-state index contributed by atoms with van der Waals surface area (Å²) in [7, 11) is 0. The van der Waals surface area contributed by atoms with Crippen molar-refractivity contribution in [1.29, 1.82) is 0 Å². The Labute approximate surface area is 195 Å². The van der Waals surface area contributed by atoms with E-state index in [1.54, 1.807) is 0 Å². The van der Waals surface area contributed by atoms with E-state index in [9.17, 15) is 10.1 Å². The molecule has 4 rings (SSSR count). The van der Waals surface area contributed by atoms with E-state index in [0.717, 1.165) is 12.1 Å². The molecular formula is C24H16BrFN2O2. The molecule has 4 aromatic carbocycles. The molecule has 0 aliphatic rings. The zero-order valence-corrected chi connectivity index (χ0v) is 16.5. The fourth-order valence-corrected chi connectivity index (χ4v) is 3.14. The Morgan fingerprint density at radius 1 is 0.867 bits per heavy atom. The summed E-state index contributed by atoms with van der Waals surface area (Å²) in [5.74, 6) is -1.10. The Bertz CT molecular complexity index is 1610. The molecule has 0 aliphatic carbocycles. The maximum absolute atomic E-state index is 15.3. The van der Waals surface area contributed by atoms with Crippen molar-refractivity contribution < 1.29 is 23.0 Å². The van der Waals surface area contributed by atoms with Crippen LogP contribution in [0.25, 0.3) is 22.3 Å². The van der Waals surface area contributed by atoms with Crippen LogP contribution in [-0.4, -0.2) is 4.92 Å². The topological polar surface area (TPSA) is 55.2 Å². The van der Waals surface area contributed by atoms with Gasteiger partial charge in [0.25, 0.3) is 5.69 Å². The van der Waals surface area contributed by atoms with Crippen LogP contribution in [0.2, 0.25) is 0 Å². The van der Waals surface area contributed by atoms with Gasteiger partial charge in [0.1, 0.15) is 0 Å². The van der Waals surface area contributed by atoms with Gasteiger partial charge in [0.05, 0.1) is 28.8 Å². The summed E-state index contributed by atoms with van der Waals surface area (Å²) in [6.07, 6.45) is 0. The van der Waals surface area contributed by atoms with Crippen molar-refractivity contribution in [1.82, 2.24) is 0 Å². The highest BCUT2D eigenvalue weighted by Gasteiger charge is 2.23. The van der Waals surface area contributed by atoms with Crippen molar-refractivity contribution in [3.8, 4) is 22.3 Å². The highest BCUT2D eigenvalue weighted by molar-refractivity contribution is 9.10. The van der Waals surface area contributed by atoms with Gasteiger partial charge in [-0.3, -0.25) is 10.1 Å². The van der Waals surface area contributed by atoms with Gasteiger partial charge in [0.2, 0.25) is 0 Å². The molecule has 0 amide bonds. The molecule has 0 saturated heterocycles. The van der Waals surface area contributed by atoms with E-state index in [4.69, 9.17) is 13.7 Å². The average molecular weight is 473 g/mol. The molecule has 0 fully saturated rings. The Kier molecular flexibility index (Phi) is 3.12. The Hall–Kier alpha value is -3.51. The van der Waals surface area contributed by atoms with E-state index < -0.39 is 82.5 Å². The summed E-state index contributed by atoms with van der Waals surface area (Å²) in [5.41, 5.74) is -2.72. The van der Waals surface area contributed by atoms with Gasteiger partial charge in [0, 0.05) is 17.2 Å². The molecule has 0 heterocycles. The molecule has 1 N–H and O–H groups in total. The number of nitrogens with one attached hydrogen (secondary N) is 1. The molecule has 0 saturated carbocycles. The maximum atomic E-state index is 15.3. The summed E-state index contributed by atoms with van der Waals surface area (Å²) < 4.78 is 97.1. The third kappa shape index (κ3) is 3.82. The molecule has 0 bridgehead atoms. The minimum atomic E-state index is -1.10. The second-order valence-corrected chi connectivity index (χ2v) is 6.72. The molecule has 30 heavy (non-hydrogen) atoms. The number of nitrogens with zero attached hydrogens (tertiary/aromatic N) is 1. The lowest BCUT2D eigenvalue weighted by molar-refractivity contribution is -0.384. The minimum absolute atomic E-state index is 0.157. The van der Waals surface area contributed by atoms with Crippen LogP contribution >= 0.6 is 15.9 Å². The minimum Gasteiger partial charge on any atom is -0.346 e. The fraction of sp³-hybridized carbons (Fsp3) is 0. The van der Waals surface area contributed by atoms with E-state index >= 15 is 4.39 Å². The molecule has 0 aromatic heterocycles. The van der Waals surface area contributed by atoms with Gasteiger partial charge in [-0.1, -0.05) is 78.6 Å². The standard InChI is InChI=1S/C24H16BrFN2O2/c25-20-14-15-21(28(29)30)24(22(20)26)27-23-18(16-8-3-1-4-9-16)12-7-13-19(23)17-10-5-2-6-11-17/h1-15,27H/i1D,2D,3D,4D,5D,6D,8D,9D,10D,11D. The van der Waals surface area contributed by atoms with Crippen molar-refractivity contribution in [3.05, 3.63) is 111 Å². The summed E-state index contributed by atoms with van der Waals surface area (Å²) in [4.78, 5) is 10.9. The van der Waals surface area contributed by atoms with Crippen LogP contribution in [-0.2, 0) is 0 Å². The van der Waals surface area contributed by atoms with Gasteiger partial charge >= 0.3 is 0 Å². The van der Waals surface area contributed by atoms with Gasteiger partial charge in [-0.2, -0.15) is 0 Å². The molecule has 0 radical (unpaired) electrons. The lowest BCUT2D eigenvalue weighted by Gasteiger charge is -2.18. The highest BCUT2D eigenvalue weighted by atomic mass is 79.9. The molecule has 4 aromatic rings. The predicted molar refractivity (Wildman–Crippen MR) is 121 cm³/mol. The van der Waals surface area contributed by atoms with Gasteiger partial charge < -0.3 is 5.32 Å². The summed E-state index contributed by atoms with van der Waals surface area (Å²) in [5, 5.41) is 14.4. The Morgan fingerprint density at radius 3 is 1.90 bits per heavy atom. The van der Waals surface area contributed by atoms with Crippen molar-refractivity contribution in [3.63, 3.8) is 0 Å². The average Bonchev–Trinajstić information content (AvgIpc) is 2.92. The van der Waals surface area contributed by atoms with Crippen molar-refractivity contribution in [2.75, 3.05) is 5.32 Å². The summed E-state index contributed by atoms with van der Waals surface area (Å²) in [6.45, 7) is 0. The van der Waals surface area contributed by atoms with Crippen molar-refractivity contribution in [2.45, 2.75) is 0 Å². The second kappa shape index (κ2) is 8.47. The normalized spacial score (nSPS) is 15.3. The first kappa shape index (κ1) is 11.0. The molecule has 0 unspecified atom stereocenters. The first-order chi connectivity index (χ1) is 18.7. The Balaban J connectivity index is 2.20. The maximum Gasteiger partial charge on any atom is 0.295 e. The van der Waals surface area contributed by atoms with Crippen LogP contribution in [0.4, 0.5) is 21.5 Å². The summed E-state index contributed by atoms with van der Waals surface area (Å²) in [6, 6.07) is -0.595. The Morgan fingerprint density at radius 2 is 1.40 bits per heavy atom. The summed E-state index contributed by atoms with van der Waals surface area (Å²) >= 11 is 2.97. The lowest BCUT2D eigenvalue weighted by Crippen LogP contribution is -2.03. The third-order valence-electron chi connectivity index (χ3n) is 4.12. The number of anilines is 2. The zero-order valence-electron chi connectivity index (χ0n) is 24.9. The van der Waals surface area contributed by atoms with Gasteiger partial charge in [-0.05, 0) is 33.1 Å². The number of hydrogen-bond donors (Lipinski definition) is 1. The monoisotopic (exact) mass is 472 g/mol. The number of halogens is 2. The van der Waals surface area contributed by atoms with E-state index in [2.05, 4.69) is 21.2 Å². The van der Waals surface area contributed by atoms with Crippen LogP contribution in [0.5, 0.6) is 0 Å². The number of nitro benzene ring substituents is 1. The van der Waals surface area contributed by atoms with Gasteiger partial charge in [-0.25, -0.2) is 4.39 Å². The number of nitro groups is 1. The van der Waals surface area contributed by atoms with Gasteiger partial charge in [0.15, 0.2) is 11.5 Å². The fourth-order valence-electron chi connectivity index (χ4n) is 2.81. The van der Waals surface area contributed by atoms with Crippen LogP contribution in [0.15, 0.2) is 95.2 Å². The molecule has 0 atom stereocenters. The number of benzene rings is 4. The number of para-hydroxylation sites is 1. The first-order valence-corrected chi connectivity index (χ1v) is 9.16. The second-order valence-electron chi connectivity index (χ2n) is 5.87. The van der Waals surface area contributed by atoms with Crippen LogP contribution in [0.1, 0.15) is 13.7 Å². The highest BCUT2D eigenvalue weighted by Crippen LogP contribution is 2.42. The quantitative estimate of drug-likeness (QED) is 0.240. The number of hydrogen-bond acceptors (Lipinski definition) is 3. The lowest BCUT2D eigenvalue weighted by atomic mass is 9.95. The largest absolute Gasteiger partial charge is 0.346 e. The van der Waals surface area contributed by atoms with Crippen LogP contribution < -0.4 is 5.32 Å². The molecule has 6 heteroatoms. The smallest absolute Gasteiger partial charge is 0.295 e. The van der Waals surface area contributed by atoms with E-state index in [1.807, 2.05) is 0 Å². The molecule has 148 valence electrons. The van der Waals surface area contributed by atoms with E-state index in [1.165, 1.54) is 18.2 Å². The molecule has 4 nitrogen and oxygen atoms in total. The SMILES string of the molecule is [2H]c1c([2H])c([2H])c(-c2cccc(-c3c([2H])c([2H])c([2H])c([2H])c3[2H])c2Nc2c([N+](=O)[O-])ccc(Br)c2F)c([2H])c1[2H]. The van der Waals surface area contributed by atoms with Crippen molar-refractivity contribution in [2.24, 2.45) is 0 Å². The van der Waals surface area contributed by atoms with Gasteiger partial charge in [-0.15, -0.1) is 0 Å².